The number of aromatic nitrogens is 5. The summed E-state index contributed by atoms with van der Waals surface area (Å²) in [6.45, 7) is 4.09. The minimum absolute atomic E-state index is 0.0121. The standard InChI is InChI=1S/C35H39N9O4/c1-20(27-8-5-14-43(27)2)47-29-16-28(44-15-11-26(41-44)34(45)38-22-18-46-19-22)39-33(40-29)31-23-7-4-13-35(32(23)48-42-31)12-3-6-21-9-10-25(37)24(17-36)30(21)35/h9-11,15-16,20,22,27H,3-8,12-14,18-19,37H2,1-2H3,(H,38,45). The van der Waals surface area contributed by atoms with Crippen LogP contribution in [0.1, 0.15) is 84.0 Å². The summed E-state index contributed by atoms with van der Waals surface area (Å²) in [6.07, 6.45) is 8.91. The second kappa shape index (κ2) is 12.0. The fraction of sp³-hybridized carbons (Fsp3) is 0.486. The number of aryl methyl sites for hydroxylation is 1. The highest BCUT2D eigenvalue weighted by Crippen LogP contribution is 2.53. The fourth-order valence-electron chi connectivity index (χ4n) is 8.14. The maximum absolute atomic E-state index is 12.8. The van der Waals surface area contributed by atoms with Crippen molar-refractivity contribution < 1.29 is 18.8 Å². The highest BCUT2D eigenvalue weighted by atomic mass is 16.5. The molecule has 248 valence electrons. The number of nitriles is 1. The van der Waals surface area contributed by atoms with Gasteiger partial charge in [0.2, 0.25) is 5.88 Å². The number of fused-ring (bicyclic) bond motifs is 4. The molecule has 8 rings (SSSR count). The number of likely N-dealkylation sites (tertiary alicyclic amines) is 1. The van der Waals surface area contributed by atoms with Crippen LogP contribution in [0.15, 0.2) is 35.0 Å². The van der Waals surface area contributed by atoms with Gasteiger partial charge < -0.3 is 25.0 Å². The Hall–Kier alpha value is -4.80. The van der Waals surface area contributed by atoms with E-state index in [0.717, 1.165) is 80.4 Å². The van der Waals surface area contributed by atoms with E-state index < -0.39 is 5.41 Å². The number of benzene rings is 1. The van der Waals surface area contributed by atoms with Gasteiger partial charge in [-0.2, -0.15) is 15.3 Å². The first-order valence-electron chi connectivity index (χ1n) is 16.9. The molecular weight excluding hydrogens is 610 g/mol. The molecule has 13 heteroatoms. The number of amides is 1. The third-order valence-corrected chi connectivity index (χ3v) is 10.6. The molecule has 3 aromatic heterocycles. The molecule has 1 amide bonds. The van der Waals surface area contributed by atoms with Crippen LogP contribution in [0.3, 0.4) is 0 Å². The summed E-state index contributed by atoms with van der Waals surface area (Å²) in [5, 5.41) is 22.3. The van der Waals surface area contributed by atoms with Crippen LogP contribution >= 0.6 is 0 Å². The summed E-state index contributed by atoms with van der Waals surface area (Å²) in [5.74, 6) is 1.68. The molecule has 2 aliphatic heterocycles. The number of nitrogens with zero attached hydrogens (tertiary/aromatic N) is 7. The largest absolute Gasteiger partial charge is 0.473 e. The smallest absolute Gasteiger partial charge is 0.272 e. The summed E-state index contributed by atoms with van der Waals surface area (Å²) in [6, 6.07) is 9.94. The lowest BCUT2D eigenvalue weighted by atomic mass is 9.61. The van der Waals surface area contributed by atoms with Gasteiger partial charge in [0.05, 0.1) is 30.2 Å². The Bertz CT molecular complexity index is 1920. The molecule has 2 fully saturated rings. The number of rotatable bonds is 7. The molecule has 5 heterocycles. The molecule has 3 atom stereocenters. The monoisotopic (exact) mass is 649 g/mol. The summed E-state index contributed by atoms with van der Waals surface area (Å²) in [7, 11) is 2.12. The highest BCUT2D eigenvalue weighted by Gasteiger charge is 2.48. The zero-order valence-electron chi connectivity index (χ0n) is 27.2. The first kappa shape index (κ1) is 30.5. The Balaban J connectivity index is 1.20. The van der Waals surface area contributed by atoms with E-state index in [-0.39, 0.29) is 29.8 Å². The van der Waals surface area contributed by atoms with Crippen molar-refractivity contribution in [1.82, 2.24) is 35.1 Å². The quantitative estimate of drug-likeness (QED) is 0.280. The number of hydrogen-bond donors (Lipinski definition) is 2. The number of ether oxygens (including phenoxy) is 2. The van der Waals surface area contributed by atoms with Crippen LogP contribution in [-0.2, 0) is 23.0 Å². The van der Waals surface area contributed by atoms with Gasteiger partial charge in [-0.3, -0.25) is 9.69 Å². The lowest BCUT2D eigenvalue weighted by Crippen LogP contribution is -2.48. The molecule has 4 aromatic rings. The third-order valence-electron chi connectivity index (χ3n) is 10.6. The first-order chi connectivity index (χ1) is 23.3. The Morgan fingerprint density at radius 2 is 2.02 bits per heavy atom. The number of nitrogen functional groups attached to an aromatic ring is 1. The molecule has 0 saturated carbocycles. The van der Waals surface area contributed by atoms with Gasteiger partial charge in [-0.05, 0) is 95.1 Å². The van der Waals surface area contributed by atoms with Crippen LogP contribution in [0.2, 0.25) is 0 Å². The van der Waals surface area contributed by atoms with Gasteiger partial charge in [-0.15, -0.1) is 0 Å². The van der Waals surface area contributed by atoms with Gasteiger partial charge in [-0.1, -0.05) is 11.2 Å². The van der Waals surface area contributed by atoms with Gasteiger partial charge in [-0.25, -0.2) is 9.67 Å². The van der Waals surface area contributed by atoms with Crippen LogP contribution in [0.25, 0.3) is 17.3 Å². The molecular formula is C35H39N9O4. The second-order valence-corrected chi connectivity index (χ2v) is 13.6. The summed E-state index contributed by atoms with van der Waals surface area (Å²) in [5.41, 5.74) is 10.7. The Labute approximate surface area is 278 Å². The molecule has 4 aliphatic rings. The number of nitrogens with one attached hydrogen (secondary N) is 1. The van der Waals surface area contributed by atoms with Crippen molar-refractivity contribution in [2.75, 3.05) is 32.5 Å². The number of hydrogen-bond acceptors (Lipinski definition) is 11. The normalized spacial score (nSPS) is 22.8. The summed E-state index contributed by atoms with van der Waals surface area (Å²) >= 11 is 0. The number of anilines is 1. The Morgan fingerprint density at radius 1 is 1.19 bits per heavy atom. The summed E-state index contributed by atoms with van der Waals surface area (Å²) in [4.78, 5) is 25.0. The molecule has 2 saturated heterocycles. The van der Waals surface area contributed by atoms with Gasteiger partial charge in [0.1, 0.15) is 12.2 Å². The minimum atomic E-state index is -0.499. The maximum atomic E-state index is 12.8. The molecule has 13 nitrogen and oxygen atoms in total. The van der Waals surface area contributed by atoms with Gasteiger partial charge in [0.25, 0.3) is 5.91 Å². The number of nitrogens with two attached hydrogens (primary N) is 1. The molecule has 0 bridgehead atoms. The van der Waals surface area contributed by atoms with E-state index in [0.29, 0.717) is 47.7 Å². The van der Waals surface area contributed by atoms with Crippen molar-refractivity contribution in [3.63, 3.8) is 0 Å². The topological polar surface area (TPSA) is 170 Å². The fourth-order valence-corrected chi connectivity index (χ4v) is 8.14. The van der Waals surface area contributed by atoms with E-state index in [1.54, 1.807) is 23.0 Å². The maximum Gasteiger partial charge on any atom is 0.272 e. The van der Waals surface area contributed by atoms with E-state index in [9.17, 15) is 10.1 Å². The van der Waals surface area contributed by atoms with Crippen LogP contribution in [-0.4, -0.2) is 80.7 Å². The van der Waals surface area contributed by atoms with Crippen LogP contribution < -0.4 is 15.8 Å². The lowest BCUT2D eigenvalue weighted by Gasteiger charge is -2.41. The summed E-state index contributed by atoms with van der Waals surface area (Å²) < 4.78 is 19.5. The highest BCUT2D eigenvalue weighted by molar-refractivity contribution is 5.92. The van der Waals surface area contributed by atoms with Gasteiger partial charge in [0.15, 0.2) is 28.8 Å². The molecule has 3 unspecified atom stereocenters. The van der Waals surface area contributed by atoms with Crippen molar-refractivity contribution in [3.05, 3.63) is 64.2 Å². The van der Waals surface area contributed by atoms with Crippen molar-refractivity contribution in [2.45, 2.75) is 81.9 Å². The van der Waals surface area contributed by atoms with E-state index in [1.807, 2.05) is 6.07 Å². The predicted octanol–water partition coefficient (Wildman–Crippen LogP) is 3.72. The van der Waals surface area contributed by atoms with Crippen LogP contribution in [0.4, 0.5) is 5.69 Å². The van der Waals surface area contributed by atoms with Crippen LogP contribution in [0.5, 0.6) is 5.88 Å². The van der Waals surface area contributed by atoms with E-state index in [2.05, 4.69) is 46.6 Å². The molecule has 1 aromatic carbocycles. The SMILES string of the molecule is CC(Oc1cc(-n2ccc(C(=O)NC3COC3)n2)nc(-c2noc3c2CCCC32CCCc3ccc(N)c(C#N)c32)n1)C1CCCN1C. The van der Waals surface area contributed by atoms with Crippen molar-refractivity contribution >= 4 is 11.6 Å². The van der Waals surface area contributed by atoms with Crippen LogP contribution in [0, 0.1) is 11.3 Å². The molecule has 0 radical (unpaired) electrons. The number of likely N-dealkylation sites (N-methyl/N-ethyl adjacent to an activating group) is 1. The zero-order valence-corrected chi connectivity index (χ0v) is 27.2. The molecule has 1 spiro atoms. The van der Waals surface area contributed by atoms with Crippen molar-refractivity contribution in [3.8, 4) is 29.3 Å². The average Bonchev–Trinajstić information content (AvgIpc) is 3.83. The zero-order chi connectivity index (χ0) is 33.0. The Morgan fingerprint density at radius 3 is 2.77 bits per heavy atom. The first-order valence-corrected chi connectivity index (χ1v) is 16.9. The Kier molecular flexibility index (Phi) is 7.64. The predicted molar refractivity (Wildman–Crippen MR) is 175 cm³/mol. The number of carbonyl (C=O) groups excluding carboxylic acids is 1. The van der Waals surface area contributed by atoms with Gasteiger partial charge in [0, 0.05) is 29.6 Å². The molecule has 48 heavy (non-hydrogen) atoms. The molecule has 3 N–H and O–H groups in total. The minimum Gasteiger partial charge on any atom is -0.473 e. The van der Waals surface area contributed by atoms with E-state index in [4.69, 9.17) is 29.7 Å². The number of carbonyl (C=O) groups is 1. The van der Waals surface area contributed by atoms with Crippen molar-refractivity contribution in [1.29, 1.82) is 5.26 Å². The van der Waals surface area contributed by atoms with E-state index in [1.165, 1.54) is 0 Å². The van der Waals surface area contributed by atoms with Gasteiger partial charge >= 0.3 is 0 Å². The average molecular weight is 650 g/mol. The molecule has 2 aliphatic carbocycles. The lowest BCUT2D eigenvalue weighted by molar-refractivity contribution is -0.00355. The third kappa shape index (κ3) is 5.11. The second-order valence-electron chi connectivity index (χ2n) is 13.6. The van der Waals surface area contributed by atoms with Crippen molar-refractivity contribution in [2.24, 2.45) is 0 Å². The van der Waals surface area contributed by atoms with E-state index >= 15 is 0 Å².